The van der Waals surface area contributed by atoms with Gasteiger partial charge in [-0.25, -0.2) is 0 Å². The van der Waals surface area contributed by atoms with Gasteiger partial charge < -0.3 is 9.73 Å². The maximum atomic E-state index is 5.41. The number of aryl methyl sites for hydroxylation is 1. The molecular weight excluding hydrogens is 194 g/mol. The van der Waals surface area contributed by atoms with Crippen molar-refractivity contribution in [1.82, 2.24) is 5.32 Å². The molecule has 0 spiro atoms. The molecule has 0 aliphatic heterocycles. The van der Waals surface area contributed by atoms with Gasteiger partial charge in [-0.3, -0.25) is 0 Å². The van der Waals surface area contributed by atoms with Crippen LogP contribution in [0.3, 0.4) is 0 Å². The normalized spacial score (nSPS) is 13.0. The Hall–Kier alpha value is -1.06. The van der Waals surface area contributed by atoms with E-state index in [1.807, 2.05) is 19.2 Å². The van der Waals surface area contributed by atoms with Gasteiger partial charge in [0.25, 0.3) is 0 Å². The predicted molar refractivity (Wildman–Crippen MR) is 58.7 cm³/mol. The van der Waals surface area contributed by atoms with Crippen molar-refractivity contribution in [3.63, 3.8) is 0 Å². The van der Waals surface area contributed by atoms with Crippen molar-refractivity contribution in [3.05, 3.63) is 46.0 Å². The van der Waals surface area contributed by atoms with Gasteiger partial charge in [-0.15, -0.1) is 11.3 Å². The molecule has 0 aliphatic rings. The lowest BCUT2D eigenvalue weighted by Gasteiger charge is -2.12. The SMILES string of the molecule is CNC(c1ccco1)c1sccc1C. The van der Waals surface area contributed by atoms with E-state index in [4.69, 9.17) is 4.42 Å². The second kappa shape index (κ2) is 3.98. The first-order valence-electron chi connectivity index (χ1n) is 4.57. The van der Waals surface area contributed by atoms with Crippen molar-refractivity contribution in [1.29, 1.82) is 0 Å². The number of hydrogen-bond donors (Lipinski definition) is 1. The molecule has 3 heteroatoms. The van der Waals surface area contributed by atoms with Crippen LogP contribution in [0.25, 0.3) is 0 Å². The van der Waals surface area contributed by atoms with E-state index in [2.05, 4.69) is 23.7 Å². The summed E-state index contributed by atoms with van der Waals surface area (Å²) in [4.78, 5) is 1.32. The van der Waals surface area contributed by atoms with Gasteiger partial charge in [-0.05, 0) is 43.1 Å². The second-order valence-corrected chi connectivity index (χ2v) is 4.15. The summed E-state index contributed by atoms with van der Waals surface area (Å²) in [5.74, 6) is 0.970. The highest BCUT2D eigenvalue weighted by molar-refractivity contribution is 7.10. The summed E-state index contributed by atoms with van der Waals surface area (Å²) in [5, 5.41) is 5.37. The molecule has 1 N–H and O–H groups in total. The number of rotatable bonds is 3. The van der Waals surface area contributed by atoms with Gasteiger partial charge >= 0.3 is 0 Å². The van der Waals surface area contributed by atoms with Crippen LogP contribution in [0, 0.1) is 6.92 Å². The van der Waals surface area contributed by atoms with Gasteiger partial charge in [-0.2, -0.15) is 0 Å². The highest BCUT2D eigenvalue weighted by Crippen LogP contribution is 2.29. The van der Waals surface area contributed by atoms with Gasteiger partial charge in [0, 0.05) is 4.88 Å². The molecule has 0 fully saturated rings. The standard InChI is InChI=1S/C11H13NOS/c1-8-5-7-14-11(8)10(12-2)9-4-3-6-13-9/h3-7,10,12H,1-2H3. The lowest BCUT2D eigenvalue weighted by Crippen LogP contribution is -2.16. The molecule has 0 radical (unpaired) electrons. The summed E-state index contributed by atoms with van der Waals surface area (Å²) < 4.78 is 5.41. The smallest absolute Gasteiger partial charge is 0.126 e. The van der Waals surface area contributed by atoms with Crippen LogP contribution in [0.4, 0.5) is 0 Å². The fraction of sp³-hybridized carbons (Fsp3) is 0.273. The zero-order valence-electron chi connectivity index (χ0n) is 8.28. The summed E-state index contributed by atoms with van der Waals surface area (Å²) in [6.07, 6.45) is 1.71. The van der Waals surface area contributed by atoms with E-state index in [-0.39, 0.29) is 6.04 Å². The van der Waals surface area contributed by atoms with Crippen LogP contribution in [0.1, 0.15) is 22.2 Å². The minimum atomic E-state index is 0.185. The second-order valence-electron chi connectivity index (χ2n) is 3.20. The summed E-state index contributed by atoms with van der Waals surface area (Å²) in [5.41, 5.74) is 1.31. The van der Waals surface area contributed by atoms with Gasteiger partial charge in [0.05, 0.1) is 6.26 Å². The van der Waals surface area contributed by atoms with Crippen LogP contribution in [0.15, 0.2) is 34.3 Å². The van der Waals surface area contributed by atoms with E-state index in [9.17, 15) is 0 Å². The number of furan rings is 1. The predicted octanol–water partition coefficient (Wildman–Crippen LogP) is 2.96. The zero-order chi connectivity index (χ0) is 9.97. The van der Waals surface area contributed by atoms with Crippen LogP contribution in [-0.4, -0.2) is 7.05 Å². The number of hydrogen-bond acceptors (Lipinski definition) is 3. The molecule has 0 aliphatic carbocycles. The van der Waals surface area contributed by atoms with Crippen LogP contribution in [0.5, 0.6) is 0 Å². The van der Waals surface area contributed by atoms with E-state index < -0.39 is 0 Å². The van der Waals surface area contributed by atoms with Crippen molar-refractivity contribution >= 4 is 11.3 Å². The van der Waals surface area contributed by atoms with E-state index >= 15 is 0 Å². The minimum Gasteiger partial charge on any atom is -0.467 e. The first-order valence-corrected chi connectivity index (χ1v) is 5.45. The molecule has 2 aromatic heterocycles. The number of thiophene rings is 1. The first kappa shape index (κ1) is 9.49. The van der Waals surface area contributed by atoms with Crippen LogP contribution >= 0.6 is 11.3 Å². The maximum Gasteiger partial charge on any atom is 0.126 e. The molecule has 2 aromatic rings. The molecule has 14 heavy (non-hydrogen) atoms. The fourth-order valence-corrected chi connectivity index (χ4v) is 2.58. The molecule has 1 atom stereocenters. The summed E-state index contributed by atoms with van der Waals surface area (Å²) in [7, 11) is 1.95. The summed E-state index contributed by atoms with van der Waals surface area (Å²) in [6.45, 7) is 2.12. The van der Waals surface area contributed by atoms with Crippen molar-refractivity contribution in [3.8, 4) is 0 Å². The Morgan fingerprint density at radius 3 is 2.79 bits per heavy atom. The fourth-order valence-electron chi connectivity index (χ4n) is 1.54. The average molecular weight is 207 g/mol. The summed E-state index contributed by atoms with van der Waals surface area (Å²) >= 11 is 1.76. The van der Waals surface area contributed by atoms with Gasteiger partial charge in [0.1, 0.15) is 11.8 Å². The zero-order valence-corrected chi connectivity index (χ0v) is 9.10. The van der Waals surface area contributed by atoms with Gasteiger partial charge in [0.15, 0.2) is 0 Å². The molecule has 2 nitrogen and oxygen atoms in total. The number of nitrogens with one attached hydrogen (secondary N) is 1. The monoisotopic (exact) mass is 207 g/mol. The maximum absolute atomic E-state index is 5.41. The Balaban J connectivity index is 2.36. The molecular formula is C11H13NOS. The Bertz CT molecular complexity index is 391. The third-order valence-electron chi connectivity index (χ3n) is 2.28. The Morgan fingerprint density at radius 1 is 1.43 bits per heavy atom. The van der Waals surface area contributed by atoms with Crippen LogP contribution in [0.2, 0.25) is 0 Å². The Labute approximate surface area is 87.6 Å². The molecule has 1 unspecified atom stereocenters. The van der Waals surface area contributed by atoms with Crippen molar-refractivity contribution in [2.24, 2.45) is 0 Å². The molecule has 2 heterocycles. The molecule has 74 valence electrons. The first-order chi connectivity index (χ1) is 6.83. The largest absolute Gasteiger partial charge is 0.467 e. The van der Waals surface area contributed by atoms with E-state index in [0.29, 0.717) is 0 Å². The van der Waals surface area contributed by atoms with Crippen molar-refractivity contribution < 1.29 is 4.42 Å². The molecule has 2 rings (SSSR count). The lowest BCUT2D eigenvalue weighted by molar-refractivity contribution is 0.465. The average Bonchev–Trinajstić information content (AvgIpc) is 2.80. The van der Waals surface area contributed by atoms with Gasteiger partial charge in [-0.1, -0.05) is 0 Å². The van der Waals surface area contributed by atoms with E-state index in [1.54, 1.807) is 17.6 Å². The van der Waals surface area contributed by atoms with E-state index in [0.717, 1.165) is 5.76 Å². The highest BCUT2D eigenvalue weighted by Gasteiger charge is 2.17. The molecule has 0 amide bonds. The molecule has 0 bridgehead atoms. The van der Waals surface area contributed by atoms with Crippen molar-refractivity contribution in [2.45, 2.75) is 13.0 Å². The van der Waals surface area contributed by atoms with E-state index in [1.165, 1.54) is 10.4 Å². The Kier molecular flexibility index (Phi) is 2.70. The molecule has 0 aromatic carbocycles. The van der Waals surface area contributed by atoms with Crippen LogP contribution in [-0.2, 0) is 0 Å². The third kappa shape index (κ3) is 1.61. The quantitative estimate of drug-likeness (QED) is 0.837. The molecule has 0 saturated heterocycles. The topological polar surface area (TPSA) is 25.2 Å². The summed E-state index contributed by atoms with van der Waals surface area (Å²) in [6, 6.07) is 6.24. The third-order valence-corrected chi connectivity index (χ3v) is 3.36. The van der Waals surface area contributed by atoms with Gasteiger partial charge in [0.2, 0.25) is 0 Å². The minimum absolute atomic E-state index is 0.185. The van der Waals surface area contributed by atoms with Crippen molar-refractivity contribution in [2.75, 3.05) is 7.05 Å². The Morgan fingerprint density at radius 2 is 2.29 bits per heavy atom. The highest BCUT2D eigenvalue weighted by atomic mass is 32.1. The lowest BCUT2D eigenvalue weighted by atomic mass is 10.1. The van der Waals surface area contributed by atoms with Crippen LogP contribution < -0.4 is 5.32 Å². The molecule has 0 saturated carbocycles.